The Kier molecular flexibility index (Phi) is 4.97. The Balaban J connectivity index is 1.63. The summed E-state index contributed by atoms with van der Waals surface area (Å²) in [5.41, 5.74) is 0.804. The molecule has 2 heterocycles. The third-order valence-corrected chi connectivity index (χ3v) is 4.44. The van der Waals surface area contributed by atoms with Crippen molar-refractivity contribution < 1.29 is 18.0 Å². The van der Waals surface area contributed by atoms with E-state index >= 15 is 0 Å². The molecule has 0 unspecified atom stereocenters. The Bertz CT molecular complexity index is 934. The van der Waals surface area contributed by atoms with Gasteiger partial charge in [-0.3, -0.25) is 9.69 Å². The molecule has 0 spiro atoms. The Morgan fingerprint density at radius 3 is 2.81 bits per heavy atom. The van der Waals surface area contributed by atoms with Crippen LogP contribution in [0.3, 0.4) is 0 Å². The molecule has 10 heteroatoms. The highest BCUT2D eigenvalue weighted by Gasteiger charge is 2.34. The molecule has 3 rings (SSSR count). The summed E-state index contributed by atoms with van der Waals surface area (Å²) in [6.07, 6.45) is -2.76. The van der Waals surface area contributed by atoms with E-state index < -0.39 is 12.0 Å². The molecule has 138 valence electrons. The van der Waals surface area contributed by atoms with Crippen molar-refractivity contribution in [3.05, 3.63) is 40.1 Å². The van der Waals surface area contributed by atoms with E-state index in [2.05, 4.69) is 20.3 Å². The summed E-state index contributed by atoms with van der Waals surface area (Å²) in [7, 11) is 1.81. The molecule has 0 saturated carbocycles. The maximum atomic E-state index is 12.7. The lowest BCUT2D eigenvalue weighted by atomic mass is 10.2. The minimum atomic E-state index is -4.54. The van der Waals surface area contributed by atoms with Crippen molar-refractivity contribution in [2.75, 3.05) is 18.9 Å². The minimum Gasteiger partial charge on any atom is -0.334 e. The maximum absolute atomic E-state index is 12.7. The number of aryl methyl sites for hydroxylation is 1. The van der Waals surface area contributed by atoms with Crippen molar-refractivity contribution in [3.63, 3.8) is 0 Å². The number of nitrogens with zero attached hydrogens (tertiary/aromatic N) is 3. The van der Waals surface area contributed by atoms with Crippen LogP contribution in [0.5, 0.6) is 0 Å². The number of aromatic amines is 1. The Hall–Kier alpha value is -2.46. The van der Waals surface area contributed by atoms with Crippen LogP contribution in [0.1, 0.15) is 15.7 Å². The van der Waals surface area contributed by atoms with E-state index in [4.69, 9.17) is 0 Å². The SMILES string of the molecule is Cc1ncc(CN(C)CC(=O)Nc2ccc3nc(C(F)(F)F)[nH]c3c2)s1. The van der Waals surface area contributed by atoms with Gasteiger partial charge in [0.25, 0.3) is 0 Å². The predicted octanol–water partition coefficient (Wildman–Crippen LogP) is 3.42. The van der Waals surface area contributed by atoms with Gasteiger partial charge in [0.05, 0.1) is 22.6 Å². The number of carbonyl (C=O) groups is 1. The number of thiazole rings is 1. The van der Waals surface area contributed by atoms with Crippen LogP contribution in [0.4, 0.5) is 18.9 Å². The number of imidazole rings is 1. The molecule has 2 aromatic heterocycles. The topological polar surface area (TPSA) is 73.9 Å². The zero-order valence-corrected chi connectivity index (χ0v) is 14.8. The van der Waals surface area contributed by atoms with Crippen LogP contribution in [-0.4, -0.2) is 39.4 Å². The molecule has 1 amide bonds. The van der Waals surface area contributed by atoms with Crippen molar-refractivity contribution in [1.82, 2.24) is 19.9 Å². The number of amides is 1. The summed E-state index contributed by atoms with van der Waals surface area (Å²) in [5.74, 6) is -1.32. The number of alkyl halides is 3. The molecule has 1 aromatic carbocycles. The highest BCUT2D eigenvalue weighted by molar-refractivity contribution is 7.11. The lowest BCUT2D eigenvalue weighted by Gasteiger charge is -2.15. The van der Waals surface area contributed by atoms with Crippen LogP contribution < -0.4 is 5.32 Å². The number of rotatable bonds is 5. The maximum Gasteiger partial charge on any atom is 0.449 e. The Morgan fingerprint density at radius 2 is 2.15 bits per heavy atom. The molecule has 0 fully saturated rings. The third-order valence-electron chi connectivity index (χ3n) is 3.54. The third kappa shape index (κ3) is 4.38. The van der Waals surface area contributed by atoms with Crippen molar-refractivity contribution in [3.8, 4) is 0 Å². The first kappa shape index (κ1) is 18.3. The van der Waals surface area contributed by atoms with E-state index in [1.807, 2.05) is 18.9 Å². The quantitative estimate of drug-likeness (QED) is 0.708. The second kappa shape index (κ2) is 7.04. The molecular formula is C16H16F3N5OS. The van der Waals surface area contributed by atoms with Crippen LogP contribution in [0.2, 0.25) is 0 Å². The molecule has 0 bridgehead atoms. The first-order chi connectivity index (χ1) is 12.2. The standard InChI is InChI=1S/C16H16F3N5OS/c1-9-20-6-11(26-9)7-24(2)8-14(25)21-10-3-4-12-13(5-10)23-15(22-12)16(17,18)19/h3-6H,7-8H2,1-2H3,(H,21,25)(H,22,23). The second-order valence-electron chi connectivity index (χ2n) is 5.88. The highest BCUT2D eigenvalue weighted by atomic mass is 32.1. The van der Waals surface area contributed by atoms with Gasteiger partial charge in [-0.15, -0.1) is 11.3 Å². The number of nitrogens with one attached hydrogen (secondary N) is 2. The van der Waals surface area contributed by atoms with Gasteiger partial charge in [0.15, 0.2) is 0 Å². The first-order valence-electron chi connectivity index (χ1n) is 7.67. The summed E-state index contributed by atoms with van der Waals surface area (Å²) >= 11 is 1.57. The number of carbonyl (C=O) groups excluding carboxylic acids is 1. The smallest absolute Gasteiger partial charge is 0.334 e. The number of benzene rings is 1. The molecule has 3 aromatic rings. The van der Waals surface area contributed by atoms with Gasteiger partial charge in [-0.25, -0.2) is 9.97 Å². The summed E-state index contributed by atoms with van der Waals surface area (Å²) in [6.45, 7) is 2.65. The summed E-state index contributed by atoms with van der Waals surface area (Å²) < 4.78 is 38.1. The second-order valence-corrected chi connectivity index (χ2v) is 7.20. The number of hydrogen-bond donors (Lipinski definition) is 2. The van der Waals surface area contributed by atoms with Crippen LogP contribution in [0, 0.1) is 6.92 Å². The number of anilines is 1. The highest BCUT2D eigenvalue weighted by Crippen LogP contribution is 2.29. The number of hydrogen-bond acceptors (Lipinski definition) is 5. The molecule has 0 radical (unpaired) electrons. The fourth-order valence-corrected chi connectivity index (χ4v) is 3.34. The van der Waals surface area contributed by atoms with Crippen molar-refractivity contribution in [2.45, 2.75) is 19.6 Å². The van der Waals surface area contributed by atoms with Gasteiger partial charge in [-0.05, 0) is 32.2 Å². The molecule has 26 heavy (non-hydrogen) atoms. The van der Waals surface area contributed by atoms with Crippen LogP contribution in [0.25, 0.3) is 11.0 Å². The van der Waals surface area contributed by atoms with E-state index in [1.54, 1.807) is 17.5 Å². The van der Waals surface area contributed by atoms with Crippen molar-refractivity contribution in [2.24, 2.45) is 0 Å². The number of likely N-dealkylation sites (N-methyl/N-ethyl adjacent to an activating group) is 1. The van der Waals surface area contributed by atoms with Gasteiger partial charge in [-0.1, -0.05) is 0 Å². The summed E-state index contributed by atoms with van der Waals surface area (Å²) in [4.78, 5) is 24.9. The fraction of sp³-hybridized carbons (Fsp3) is 0.312. The van der Waals surface area contributed by atoms with Gasteiger partial charge < -0.3 is 10.3 Å². The zero-order valence-electron chi connectivity index (χ0n) is 14.0. The van der Waals surface area contributed by atoms with Gasteiger partial charge >= 0.3 is 6.18 Å². The van der Waals surface area contributed by atoms with E-state index in [0.717, 1.165) is 9.88 Å². The van der Waals surface area contributed by atoms with Gasteiger partial charge in [0, 0.05) is 23.3 Å². The predicted molar refractivity (Wildman–Crippen MR) is 92.9 cm³/mol. The van der Waals surface area contributed by atoms with Crippen molar-refractivity contribution in [1.29, 1.82) is 0 Å². The fourth-order valence-electron chi connectivity index (χ4n) is 2.47. The molecular weight excluding hydrogens is 367 g/mol. The largest absolute Gasteiger partial charge is 0.449 e. The van der Waals surface area contributed by atoms with E-state index in [9.17, 15) is 18.0 Å². The van der Waals surface area contributed by atoms with Crippen molar-refractivity contribution >= 4 is 34.0 Å². The Labute approximate surface area is 151 Å². The molecule has 0 saturated heterocycles. The average molecular weight is 383 g/mol. The molecule has 0 aliphatic carbocycles. The summed E-state index contributed by atoms with van der Waals surface area (Å²) in [6, 6.07) is 4.39. The molecule has 6 nitrogen and oxygen atoms in total. The molecule has 0 atom stereocenters. The van der Waals surface area contributed by atoms with Gasteiger partial charge in [0.2, 0.25) is 11.7 Å². The average Bonchev–Trinajstić information content (AvgIpc) is 3.12. The number of fused-ring (bicyclic) bond motifs is 1. The molecule has 2 N–H and O–H groups in total. The van der Waals surface area contributed by atoms with E-state index in [-0.39, 0.29) is 23.5 Å². The Morgan fingerprint density at radius 1 is 1.38 bits per heavy atom. The van der Waals surface area contributed by atoms with Crippen LogP contribution in [0.15, 0.2) is 24.4 Å². The number of aromatic nitrogens is 3. The summed E-state index contributed by atoms with van der Waals surface area (Å²) in [5, 5.41) is 3.64. The van der Waals surface area contributed by atoms with Gasteiger partial charge in [-0.2, -0.15) is 13.2 Å². The normalized spacial score (nSPS) is 12.1. The lowest BCUT2D eigenvalue weighted by molar-refractivity contribution is -0.144. The monoisotopic (exact) mass is 383 g/mol. The van der Waals surface area contributed by atoms with Crippen LogP contribution >= 0.6 is 11.3 Å². The molecule has 0 aliphatic heterocycles. The zero-order chi connectivity index (χ0) is 18.9. The number of H-pyrrole nitrogens is 1. The van der Waals surface area contributed by atoms with Gasteiger partial charge in [0.1, 0.15) is 0 Å². The lowest BCUT2D eigenvalue weighted by Crippen LogP contribution is -2.29. The van der Waals surface area contributed by atoms with E-state index in [1.165, 1.54) is 18.2 Å². The number of halogens is 3. The molecule has 0 aliphatic rings. The van der Waals surface area contributed by atoms with Crippen LogP contribution in [-0.2, 0) is 17.5 Å². The first-order valence-corrected chi connectivity index (χ1v) is 8.49. The van der Waals surface area contributed by atoms with E-state index in [0.29, 0.717) is 12.2 Å². The minimum absolute atomic E-state index is 0.145.